The molecule has 5 nitrogen and oxygen atoms in total. The van der Waals surface area contributed by atoms with Crippen molar-refractivity contribution in [3.05, 3.63) is 68.2 Å². The second-order valence-electron chi connectivity index (χ2n) is 4.47. The Balaban J connectivity index is 2.03. The zero-order valence-corrected chi connectivity index (χ0v) is 13.1. The summed E-state index contributed by atoms with van der Waals surface area (Å²) in [5, 5.41) is 13.8. The highest BCUT2D eigenvalue weighted by Crippen LogP contribution is 2.23. The lowest BCUT2D eigenvalue weighted by atomic mass is 10.1. The predicted octanol–water partition coefficient (Wildman–Crippen LogP) is 4.12. The summed E-state index contributed by atoms with van der Waals surface area (Å²) < 4.78 is 6.66. The Kier molecular flexibility index (Phi) is 5.30. The third-order valence-electron chi connectivity index (χ3n) is 3.01. The topological polar surface area (TPSA) is 64.4 Å². The van der Waals surface area contributed by atoms with Crippen LogP contribution in [0, 0.1) is 10.1 Å². The van der Waals surface area contributed by atoms with Crippen molar-refractivity contribution in [3.8, 4) is 0 Å². The van der Waals surface area contributed by atoms with Crippen molar-refractivity contribution in [2.24, 2.45) is 0 Å². The molecule has 0 amide bonds. The van der Waals surface area contributed by atoms with Gasteiger partial charge < -0.3 is 10.1 Å². The van der Waals surface area contributed by atoms with Gasteiger partial charge in [0.25, 0.3) is 5.69 Å². The summed E-state index contributed by atoms with van der Waals surface area (Å²) in [6.07, 6.45) is 0. The van der Waals surface area contributed by atoms with Gasteiger partial charge in [-0.05, 0) is 23.8 Å². The number of halogens is 1. The van der Waals surface area contributed by atoms with Crippen LogP contribution in [0.5, 0.6) is 0 Å². The van der Waals surface area contributed by atoms with Gasteiger partial charge in [0, 0.05) is 34.9 Å². The van der Waals surface area contributed by atoms with Gasteiger partial charge in [-0.3, -0.25) is 10.1 Å². The molecule has 2 rings (SSSR count). The number of non-ortho nitro benzene ring substituents is 1. The molecule has 0 radical (unpaired) electrons. The smallest absolute Gasteiger partial charge is 0.269 e. The fourth-order valence-corrected chi connectivity index (χ4v) is 2.18. The summed E-state index contributed by atoms with van der Waals surface area (Å²) >= 11 is 3.38. The van der Waals surface area contributed by atoms with Gasteiger partial charge in [0.15, 0.2) is 0 Å². The molecule has 0 heterocycles. The van der Waals surface area contributed by atoms with Gasteiger partial charge in [0.1, 0.15) is 0 Å². The summed E-state index contributed by atoms with van der Waals surface area (Å²) in [7, 11) is 1.78. The van der Waals surface area contributed by atoms with Crippen molar-refractivity contribution in [3.63, 3.8) is 0 Å². The van der Waals surface area contributed by atoms with E-state index >= 15 is 0 Å². The number of nitro groups is 1. The highest BCUT2D eigenvalue weighted by molar-refractivity contribution is 9.10. The number of benzene rings is 2. The first-order valence-electron chi connectivity index (χ1n) is 6.37. The molecule has 2 aromatic rings. The third-order valence-corrected chi connectivity index (χ3v) is 3.54. The van der Waals surface area contributed by atoms with Gasteiger partial charge in [0.05, 0.1) is 18.1 Å². The Morgan fingerprint density at radius 3 is 2.52 bits per heavy atom. The van der Waals surface area contributed by atoms with E-state index in [-0.39, 0.29) is 5.69 Å². The van der Waals surface area contributed by atoms with Crippen molar-refractivity contribution in [1.82, 2.24) is 0 Å². The monoisotopic (exact) mass is 350 g/mol. The van der Waals surface area contributed by atoms with Crippen LogP contribution in [0.4, 0.5) is 11.4 Å². The maximum absolute atomic E-state index is 10.8. The van der Waals surface area contributed by atoms with E-state index in [1.807, 2.05) is 24.3 Å². The van der Waals surface area contributed by atoms with E-state index < -0.39 is 4.92 Å². The van der Waals surface area contributed by atoms with E-state index in [1.165, 1.54) is 12.1 Å². The molecule has 0 unspecified atom stereocenters. The largest absolute Gasteiger partial charge is 0.388 e. The van der Waals surface area contributed by atoms with Gasteiger partial charge in [-0.25, -0.2) is 0 Å². The van der Waals surface area contributed by atoms with Crippen molar-refractivity contribution >= 4 is 27.3 Å². The van der Waals surface area contributed by atoms with Crippen LogP contribution in [0.15, 0.2) is 46.9 Å². The Hall–Kier alpha value is -1.92. The molecule has 21 heavy (non-hydrogen) atoms. The van der Waals surface area contributed by atoms with Crippen molar-refractivity contribution in [1.29, 1.82) is 0 Å². The third kappa shape index (κ3) is 4.27. The lowest BCUT2D eigenvalue weighted by Gasteiger charge is -2.10. The Labute approximate surface area is 131 Å². The van der Waals surface area contributed by atoms with E-state index in [2.05, 4.69) is 21.2 Å². The summed E-state index contributed by atoms with van der Waals surface area (Å²) in [6, 6.07) is 12.5. The summed E-state index contributed by atoms with van der Waals surface area (Å²) in [5.74, 6) is 0. The molecule has 110 valence electrons. The molecule has 0 aliphatic heterocycles. The molecule has 2 aromatic carbocycles. The van der Waals surface area contributed by atoms with Crippen molar-refractivity contribution in [2.45, 2.75) is 13.2 Å². The van der Waals surface area contributed by atoms with Gasteiger partial charge in [-0.15, -0.1) is 0 Å². The molecular formula is C15H15BrN2O3. The molecule has 0 saturated heterocycles. The molecule has 0 fully saturated rings. The molecule has 0 spiro atoms. The normalized spacial score (nSPS) is 10.4. The number of anilines is 1. The summed E-state index contributed by atoms with van der Waals surface area (Å²) in [4.78, 5) is 10.4. The molecule has 0 aliphatic carbocycles. The van der Waals surface area contributed by atoms with Gasteiger partial charge in [-0.2, -0.15) is 0 Å². The first kappa shape index (κ1) is 15.5. The number of rotatable bonds is 6. The average Bonchev–Trinajstić information content (AvgIpc) is 2.49. The number of nitrogens with zero attached hydrogens (tertiary/aromatic N) is 1. The second-order valence-corrected chi connectivity index (χ2v) is 5.38. The highest BCUT2D eigenvalue weighted by atomic mass is 79.9. The van der Waals surface area contributed by atoms with Crippen LogP contribution in [0.25, 0.3) is 0 Å². The Morgan fingerprint density at radius 2 is 1.90 bits per heavy atom. The number of nitrogens with one attached hydrogen (secondary N) is 1. The number of nitro benzene ring substituents is 1. The number of hydrogen-bond acceptors (Lipinski definition) is 4. The van der Waals surface area contributed by atoms with Crippen LogP contribution in [0.1, 0.15) is 11.1 Å². The second kappa shape index (κ2) is 7.19. The quantitative estimate of drug-likeness (QED) is 0.628. The van der Waals surface area contributed by atoms with E-state index in [9.17, 15) is 10.1 Å². The molecular weight excluding hydrogens is 336 g/mol. The summed E-state index contributed by atoms with van der Waals surface area (Å²) in [6.45, 7) is 0.771. The van der Waals surface area contributed by atoms with E-state index in [4.69, 9.17) is 4.74 Å². The van der Waals surface area contributed by atoms with Crippen molar-refractivity contribution in [2.75, 3.05) is 12.4 Å². The molecule has 6 heteroatoms. The first-order chi connectivity index (χ1) is 10.1. The fraction of sp³-hybridized carbons (Fsp3) is 0.200. The molecule has 0 saturated carbocycles. The standard InChI is InChI=1S/C15H15BrN2O3/c1-17-15-7-6-14(18(19)20)8-12(15)10-21-9-11-2-4-13(16)5-3-11/h2-8,17H,9-10H2,1H3. The fourth-order valence-electron chi connectivity index (χ4n) is 1.92. The van der Waals surface area contributed by atoms with Crippen LogP contribution in [0.3, 0.4) is 0 Å². The SMILES string of the molecule is CNc1ccc([N+](=O)[O-])cc1COCc1ccc(Br)cc1. The number of hydrogen-bond donors (Lipinski definition) is 1. The van der Waals surface area contributed by atoms with E-state index in [1.54, 1.807) is 13.1 Å². The zero-order chi connectivity index (χ0) is 15.2. The molecule has 0 aromatic heterocycles. The maximum Gasteiger partial charge on any atom is 0.269 e. The summed E-state index contributed by atoms with van der Waals surface area (Å²) in [5.41, 5.74) is 2.71. The van der Waals surface area contributed by atoms with Gasteiger partial charge in [0.2, 0.25) is 0 Å². The van der Waals surface area contributed by atoms with Crippen LogP contribution >= 0.6 is 15.9 Å². The molecule has 0 bridgehead atoms. The van der Waals surface area contributed by atoms with Crippen LogP contribution in [0.2, 0.25) is 0 Å². The Morgan fingerprint density at radius 1 is 1.19 bits per heavy atom. The van der Waals surface area contributed by atoms with E-state index in [0.29, 0.717) is 13.2 Å². The van der Waals surface area contributed by atoms with Crippen molar-refractivity contribution < 1.29 is 9.66 Å². The van der Waals surface area contributed by atoms with Crippen LogP contribution in [-0.2, 0) is 18.0 Å². The van der Waals surface area contributed by atoms with Gasteiger partial charge >= 0.3 is 0 Å². The minimum Gasteiger partial charge on any atom is -0.388 e. The predicted molar refractivity (Wildman–Crippen MR) is 85.3 cm³/mol. The van der Waals surface area contributed by atoms with E-state index in [0.717, 1.165) is 21.3 Å². The minimum atomic E-state index is -0.405. The lowest BCUT2D eigenvalue weighted by Crippen LogP contribution is -2.00. The molecule has 0 aliphatic rings. The lowest BCUT2D eigenvalue weighted by molar-refractivity contribution is -0.384. The minimum absolute atomic E-state index is 0.0660. The highest BCUT2D eigenvalue weighted by Gasteiger charge is 2.10. The van der Waals surface area contributed by atoms with Gasteiger partial charge in [-0.1, -0.05) is 28.1 Å². The first-order valence-corrected chi connectivity index (χ1v) is 7.16. The maximum atomic E-state index is 10.8. The zero-order valence-electron chi connectivity index (χ0n) is 11.5. The molecule has 1 N–H and O–H groups in total. The average molecular weight is 351 g/mol. The van der Waals surface area contributed by atoms with Crippen LogP contribution < -0.4 is 5.32 Å². The number of ether oxygens (including phenoxy) is 1. The van der Waals surface area contributed by atoms with Crippen LogP contribution in [-0.4, -0.2) is 12.0 Å². The molecule has 0 atom stereocenters. The Bertz CT molecular complexity index is 629.